The Labute approximate surface area is 199 Å². The number of benzene rings is 1. The van der Waals surface area contributed by atoms with E-state index in [1.165, 1.54) is 16.9 Å². The molecule has 1 saturated carbocycles. The number of anilines is 1. The van der Waals surface area contributed by atoms with Crippen molar-refractivity contribution in [3.63, 3.8) is 0 Å². The summed E-state index contributed by atoms with van der Waals surface area (Å²) in [7, 11) is 0. The number of hydrogen-bond acceptors (Lipinski definition) is 5. The fraction of sp³-hybridized carbons (Fsp3) is 0.500. The molecule has 7 heteroatoms. The summed E-state index contributed by atoms with van der Waals surface area (Å²) >= 11 is 1.33. The maximum Gasteiger partial charge on any atom is 0.341 e. The first-order valence-electron chi connectivity index (χ1n) is 11.7. The van der Waals surface area contributed by atoms with Crippen molar-refractivity contribution in [2.45, 2.75) is 59.8 Å². The van der Waals surface area contributed by atoms with E-state index in [9.17, 15) is 19.5 Å². The van der Waals surface area contributed by atoms with Crippen LogP contribution in [-0.4, -0.2) is 29.6 Å². The Morgan fingerprint density at radius 2 is 1.76 bits per heavy atom. The lowest BCUT2D eigenvalue weighted by Gasteiger charge is -2.27. The molecule has 2 atom stereocenters. The SMILES string of the molecule is CCOC(=O)c1c(NC(=O)C2CCCCC2C(=O)O)sc(C)c1-c1ccc(CC(C)C)cc1. The second-order valence-corrected chi connectivity index (χ2v) is 10.3. The molecule has 1 aromatic carbocycles. The molecule has 0 bridgehead atoms. The van der Waals surface area contributed by atoms with Crippen molar-refractivity contribution in [2.75, 3.05) is 11.9 Å². The van der Waals surface area contributed by atoms with Gasteiger partial charge < -0.3 is 15.2 Å². The van der Waals surface area contributed by atoms with Gasteiger partial charge in [-0.1, -0.05) is 51.0 Å². The molecule has 33 heavy (non-hydrogen) atoms. The summed E-state index contributed by atoms with van der Waals surface area (Å²) < 4.78 is 5.33. The highest BCUT2D eigenvalue weighted by atomic mass is 32.1. The first kappa shape index (κ1) is 25.0. The number of hydrogen-bond donors (Lipinski definition) is 2. The van der Waals surface area contributed by atoms with Crippen LogP contribution in [0.4, 0.5) is 5.00 Å². The number of nitrogens with one attached hydrogen (secondary N) is 1. The molecule has 0 saturated heterocycles. The summed E-state index contributed by atoms with van der Waals surface area (Å²) in [5.74, 6) is -2.52. The van der Waals surface area contributed by atoms with Gasteiger partial charge in [-0.25, -0.2) is 4.79 Å². The molecular weight excluding hydrogens is 438 g/mol. The minimum Gasteiger partial charge on any atom is -0.481 e. The Morgan fingerprint density at radius 3 is 2.33 bits per heavy atom. The van der Waals surface area contributed by atoms with Crippen LogP contribution in [0, 0.1) is 24.7 Å². The summed E-state index contributed by atoms with van der Waals surface area (Å²) in [6.07, 6.45) is 3.64. The number of carbonyl (C=O) groups excluding carboxylic acids is 2. The second kappa shape index (κ2) is 11.0. The first-order valence-corrected chi connectivity index (χ1v) is 12.5. The van der Waals surface area contributed by atoms with Crippen LogP contribution in [0.3, 0.4) is 0 Å². The minimum absolute atomic E-state index is 0.220. The molecule has 3 rings (SSSR count). The van der Waals surface area contributed by atoms with Gasteiger partial charge in [-0.2, -0.15) is 0 Å². The molecule has 0 radical (unpaired) electrons. The zero-order chi connectivity index (χ0) is 24.1. The normalized spacial score (nSPS) is 18.2. The van der Waals surface area contributed by atoms with Crippen molar-refractivity contribution in [1.29, 1.82) is 0 Å². The van der Waals surface area contributed by atoms with Crippen LogP contribution in [0.5, 0.6) is 0 Å². The molecule has 1 fully saturated rings. The quantitative estimate of drug-likeness (QED) is 0.466. The second-order valence-electron chi connectivity index (χ2n) is 9.08. The van der Waals surface area contributed by atoms with Gasteiger partial charge in [-0.3, -0.25) is 9.59 Å². The predicted molar refractivity (Wildman–Crippen MR) is 131 cm³/mol. The predicted octanol–water partition coefficient (Wildman–Crippen LogP) is 5.93. The average molecular weight is 472 g/mol. The molecule has 1 amide bonds. The molecule has 1 heterocycles. The van der Waals surface area contributed by atoms with E-state index in [0.717, 1.165) is 35.3 Å². The lowest BCUT2D eigenvalue weighted by atomic mass is 9.78. The van der Waals surface area contributed by atoms with Crippen molar-refractivity contribution in [3.05, 3.63) is 40.3 Å². The first-order chi connectivity index (χ1) is 15.7. The van der Waals surface area contributed by atoms with E-state index in [2.05, 4.69) is 31.3 Å². The van der Waals surface area contributed by atoms with Crippen molar-refractivity contribution < 1.29 is 24.2 Å². The summed E-state index contributed by atoms with van der Waals surface area (Å²) in [5, 5.41) is 12.9. The third kappa shape index (κ3) is 5.82. The van der Waals surface area contributed by atoms with E-state index in [0.29, 0.717) is 29.3 Å². The maximum atomic E-state index is 13.1. The van der Waals surface area contributed by atoms with E-state index >= 15 is 0 Å². The van der Waals surface area contributed by atoms with Crippen molar-refractivity contribution >= 4 is 34.2 Å². The number of aryl methyl sites for hydroxylation is 1. The largest absolute Gasteiger partial charge is 0.481 e. The number of thiophene rings is 1. The number of rotatable bonds is 8. The molecule has 1 aromatic heterocycles. The molecule has 6 nitrogen and oxygen atoms in total. The van der Waals surface area contributed by atoms with Crippen LogP contribution in [0.25, 0.3) is 11.1 Å². The molecule has 1 aliphatic carbocycles. The lowest BCUT2D eigenvalue weighted by molar-refractivity contribution is -0.147. The standard InChI is InChI=1S/C26H33NO5S/c1-5-32-26(31)22-21(18-12-10-17(11-13-18)14-15(2)3)16(4)33-24(22)27-23(28)19-8-6-7-9-20(19)25(29)30/h10-13,15,19-20H,5-9,14H2,1-4H3,(H,27,28)(H,29,30). The Bertz CT molecular complexity index is 1010. The number of carboxylic acids is 1. The maximum absolute atomic E-state index is 13.1. The molecule has 2 aromatic rings. The van der Waals surface area contributed by atoms with Crippen LogP contribution >= 0.6 is 11.3 Å². The molecule has 1 aliphatic rings. The fourth-order valence-electron chi connectivity index (χ4n) is 4.60. The molecule has 178 valence electrons. The minimum atomic E-state index is -0.940. The number of ether oxygens (including phenoxy) is 1. The zero-order valence-corrected chi connectivity index (χ0v) is 20.6. The Morgan fingerprint density at radius 1 is 1.12 bits per heavy atom. The fourth-order valence-corrected chi connectivity index (χ4v) is 5.67. The average Bonchev–Trinajstić information content (AvgIpc) is 3.09. The van der Waals surface area contributed by atoms with Gasteiger partial charge in [0.15, 0.2) is 0 Å². The van der Waals surface area contributed by atoms with Crippen molar-refractivity contribution in [1.82, 2.24) is 0 Å². The van der Waals surface area contributed by atoms with Crippen LogP contribution in [0.2, 0.25) is 0 Å². The van der Waals surface area contributed by atoms with E-state index in [4.69, 9.17) is 4.74 Å². The summed E-state index contributed by atoms with van der Waals surface area (Å²) in [4.78, 5) is 38.6. The Hall–Kier alpha value is -2.67. The smallest absolute Gasteiger partial charge is 0.341 e. The van der Waals surface area contributed by atoms with Crippen LogP contribution < -0.4 is 5.32 Å². The highest BCUT2D eigenvalue weighted by molar-refractivity contribution is 7.17. The van der Waals surface area contributed by atoms with Gasteiger partial charge in [0.1, 0.15) is 10.6 Å². The molecular formula is C26H33NO5S. The van der Waals surface area contributed by atoms with Crippen LogP contribution in [-0.2, 0) is 20.7 Å². The van der Waals surface area contributed by atoms with Crippen molar-refractivity contribution in [3.8, 4) is 11.1 Å². The van der Waals surface area contributed by atoms with Crippen LogP contribution in [0.1, 0.15) is 67.3 Å². The number of aliphatic carboxylic acids is 1. The van der Waals surface area contributed by atoms with Gasteiger partial charge in [0.25, 0.3) is 0 Å². The molecule has 2 unspecified atom stereocenters. The zero-order valence-electron chi connectivity index (χ0n) is 19.8. The molecule has 2 N–H and O–H groups in total. The van der Waals surface area contributed by atoms with E-state index < -0.39 is 23.8 Å². The lowest BCUT2D eigenvalue weighted by Crippen LogP contribution is -2.36. The topological polar surface area (TPSA) is 92.7 Å². The van der Waals surface area contributed by atoms with Gasteiger partial charge >= 0.3 is 11.9 Å². The number of esters is 1. The highest BCUT2D eigenvalue weighted by Gasteiger charge is 2.37. The van der Waals surface area contributed by atoms with Gasteiger partial charge in [0, 0.05) is 10.4 Å². The molecule has 0 spiro atoms. The Balaban J connectivity index is 1.96. The van der Waals surface area contributed by atoms with E-state index in [1.807, 2.05) is 19.1 Å². The van der Waals surface area contributed by atoms with Gasteiger partial charge in [-0.15, -0.1) is 11.3 Å². The number of carboxylic acid groups (broad SMARTS) is 1. The van der Waals surface area contributed by atoms with Crippen molar-refractivity contribution in [2.24, 2.45) is 17.8 Å². The highest BCUT2D eigenvalue weighted by Crippen LogP contribution is 2.41. The summed E-state index contributed by atoms with van der Waals surface area (Å²) in [6.45, 7) is 8.23. The monoisotopic (exact) mass is 471 g/mol. The van der Waals surface area contributed by atoms with Gasteiger partial charge in [0.05, 0.1) is 18.4 Å². The third-order valence-electron chi connectivity index (χ3n) is 6.11. The third-order valence-corrected chi connectivity index (χ3v) is 7.13. The summed E-state index contributed by atoms with van der Waals surface area (Å²) in [5.41, 5.74) is 3.21. The van der Waals surface area contributed by atoms with Gasteiger partial charge in [0.2, 0.25) is 5.91 Å². The number of amides is 1. The Kier molecular flexibility index (Phi) is 8.30. The van der Waals surface area contributed by atoms with Crippen LogP contribution in [0.15, 0.2) is 24.3 Å². The summed E-state index contributed by atoms with van der Waals surface area (Å²) in [6, 6.07) is 8.14. The number of carbonyl (C=O) groups is 3. The van der Waals surface area contributed by atoms with E-state index in [1.54, 1.807) is 6.92 Å². The van der Waals surface area contributed by atoms with E-state index in [-0.39, 0.29) is 12.5 Å². The molecule has 0 aliphatic heterocycles. The van der Waals surface area contributed by atoms with Gasteiger partial charge in [-0.05, 0) is 50.2 Å².